The summed E-state index contributed by atoms with van der Waals surface area (Å²) in [5.74, 6) is -0.717. The van der Waals surface area contributed by atoms with Crippen LogP contribution < -0.4 is 0 Å². The molecule has 1 N–H and O–H groups in total. The van der Waals surface area contributed by atoms with Gasteiger partial charge in [-0.3, -0.25) is 9.35 Å². The minimum absolute atomic E-state index is 0.198. The summed E-state index contributed by atoms with van der Waals surface area (Å²) in [5, 5.41) is 0. The monoisotopic (exact) mass is 532 g/mol. The average molecular weight is 533 g/mol. The van der Waals surface area contributed by atoms with Crippen LogP contribution in [0.1, 0.15) is 162 Å². The Morgan fingerprint density at radius 2 is 1.03 bits per heavy atom. The maximum absolute atomic E-state index is 12.2. The number of ketones is 1. The Morgan fingerprint density at radius 3 is 1.44 bits per heavy atom. The minimum Gasteiger partial charge on any atom is -0.461 e. The third kappa shape index (κ3) is 27.6. The van der Waals surface area contributed by atoms with Gasteiger partial charge in [0.2, 0.25) is 0 Å². The molecule has 0 aliphatic rings. The smallest absolute Gasteiger partial charge is 0.306 e. The molecule has 0 aromatic heterocycles. The molecule has 0 fully saturated rings. The molecule has 0 heterocycles. The Morgan fingerprint density at radius 1 is 0.639 bits per heavy atom. The van der Waals surface area contributed by atoms with Crippen molar-refractivity contribution < 1.29 is 27.3 Å². The molecule has 0 amide bonds. The average Bonchev–Trinajstić information content (AvgIpc) is 2.79. The van der Waals surface area contributed by atoms with Crippen molar-refractivity contribution >= 4 is 21.9 Å². The van der Waals surface area contributed by atoms with Gasteiger partial charge in [0, 0.05) is 12.8 Å². The van der Waals surface area contributed by atoms with Crippen LogP contribution in [0.5, 0.6) is 0 Å². The van der Waals surface area contributed by atoms with Gasteiger partial charge in [-0.15, -0.1) is 0 Å². The van der Waals surface area contributed by atoms with Crippen LogP contribution >= 0.6 is 0 Å². The summed E-state index contributed by atoms with van der Waals surface area (Å²) in [5.41, 5.74) is 0. The van der Waals surface area contributed by atoms with E-state index in [0.29, 0.717) is 19.3 Å². The quantitative estimate of drug-likeness (QED) is 0.0648. The van der Waals surface area contributed by atoms with Crippen molar-refractivity contribution in [2.75, 3.05) is 5.75 Å². The van der Waals surface area contributed by atoms with Crippen molar-refractivity contribution in [3.8, 4) is 0 Å². The topological polar surface area (TPSA) is 97.7 Å². The molecule has 0 saturated heterocycles. The third-order valence-corrected chi connectivity index (χ3v) is 7.53. The standard InChI is InChI=1S/C29H56O6S/c1-3-4-5-6-7-8-9-10-11-12-13-14-15-19-22-25-29(31)35-28(26-36(32,33)34)24-21-18-16-17-20-23-27(2)30/h28H,3-26H2,1-2H3,(H,32,33,34). The highest BCUT2D eigenvalue weighted by Crippen LogP contribution is 2.16. The number of carbonyl (C=O) groups excluding carboxylic acids is 2. The van der Waals surface area contributed by atoms with Gasteiger partial charge in [0.1, 0.15) is 17.6 Å². The fourth-order valence-electron chi connectivity index (χ4n) is 4.57. The summed E-state index contributed by atoms with van der Waals surface area (Å²) in [4.78, 5) is 23.1. The number of esters is 1. The Labute approximate surface area is 222 Å². The second-order valence-electron chi connectivity index (χ2n) is 10.6. The molecule has 7 heteroatoms. The van der Waals surface area contributed by atoms with E-state index in [1.54, 1.807) is 6.92 Å². The maximum Gasteiger partial charge on any atom is 0.306 e. The van der Waals surface area contributed by atoms with Crippen LogP contribution in [0.3, 0.4) is 0 Å². The Hall–Kier alpha value is -0.950. The van der Waals surface area contributed by atoms with Gasteiger partial charge < -0.3 is 9.53 Å². The number of carbonyl (C=O) groups is 2. The van der Waals surface area contributed by atoms with Crippen LogP contribution in [0.15, 0.2) is 0 Å². The van der Waals surface area contributed by atoms with E-state index in [1.165, 1.54) is 77.0 Å². The minimum atomic E-state index is -4.20. The van der Waals surface area contributed by atoms with E-state index in [4.69, 9.17) is 4.74 Å². The lowest BCUT2D eigenvalue weighted by Crippen LogP contribution is -2.26. The summed E-state index contributed by atoms with van der Waals surface area (Å²) in [7, 11) is -4.20. The van der Waals surface area contributed by atoms with Crippen molar-refractivity contribution in [3.63, 3.8) is 0 Å². The van der Waals surface area contributed by atoms with E-state index in [9.17, 15) is 22.6 Å². The molecule has 0 bridgehead atoms. The van der Waals surface area contributed by atoms with Gasteiger partial charge in [-0.1, -0.05) is 116 Å². The summed E-state index contributed by atoms with van der Waals surface area (Å²) in [6.45, 7) is 3.85. The van der Waals surface area contributed by atoms with E-state index in [0.717, 1.165) is 51.4 Å². The molecule has 6 nitrogen and oxygen atoms in total. The van der Waals surface area contributed by atoms with Crippen LogP contribution in [-0.2, 0) is 24.4 Å². The molecule has 36 heavy (non-hydrogen) atoms. The summed E-state index contributed by atoms with van der Waals surface area (Å²) < 4.78 is 37.2. The van der Waals surface area contributed by atoms with Gasteiger partial charge in [-0.2, -0.15) is 8.42 Å². The Balaban J connectivity index is 3.76. The van der Waals surface area contributed by atoms with Crippen LogP contribution in [0.4, 0.5) is 0 Å². The number of hydrogen-bond donors (Lipinski definition) is 1. The van der Waals surface area contributed by atoms with Gasteiger partial charge in [0.25, 0.3) is 10.1 Å². The second kappa shape index (κ2) is 24.4. The van der Waals surface area contributed by atoms with Gasteiger partial charge in [-0.05, 0) is 32.6 Å². The zero-order valence-corrected chi connectivity index (χ0v) is 24.3. The number of rotatable bonds is 27. The molecule has 0 aliphatic heterocycles. The fourth-order valence-corrected chi connectivity index (χ4v) is 5.28. The highest BCUT2D eigenvalue weighted by molar-refractivity contribution is 7.85. The molecular weight excluding hydrogens is 476 g/mol. The van der Waals surface area contributed by atoms with Gasteiger partial charge in [-0.25, -0.2) is 0 Å². The Kier molecular flexibility index (Phi) is 23.7. The third-order valence-electron chi connectivity index (χ3n) is 6.73. The highest BCUT2D eigenvalue weighted by Gasteiger charge is 2.20. The van der Waals surface area contributed by atoms with Crippen molar-refractivity contribution in [3.05, 3.63) is 0 Å². The lowest BCUT2D eigenvalue weighted by Gasteiger charge is -2.16. The number of ether oxygens (including phenoxy) is 1. The molecule has 0 saturated carbocycles. The zero-order valence-electron chi connectivity index (χ0n) is 23.4. The second-order valence-corrected chi connectivity index (χ2v) is 12.1. The number of hydrogen-bond acceptors (Lipinski definition) is 5. The first-order valence-electron chi connectivity index (χ1n) is 14.9. The first-order valence-corrected chi connectivity index (χ1v) is 16.5. The molecule has 0 aromatic carbocycles. The molecule has 0 rings (SSSR count). The van der Waals surface area contributed by atoms with Crippen LogP contribution in [0.2, 0.25) is 0 Å². The maximum atomic E-state index is 12.2. The molecule has 0 spiro atoms. The Bertz CT molecular complexity index is 632. The normalized spacial score (nSPS) is 12.5. The van der Waals surface area contributed by atoms with Gasteiger partial charge in [0.15, 0.2) is 0 Å². The summed E-state index contributed by atoms with van der Waals surface area (Å²) in [6.07, 6.45) is 23.8. The molecule has 0 aromatic rings. The lowest BCUT2D eigenvalue weighted by molar-refractivity contribution is -0.148. The summed E-state index contributed by atoms with van der Waals surface area (Å²) >= 11 is 0. The van der Waals surface area contributed by atoms with Crippen LogP contribution in [0, 0.1) is 0 Å². The van der Waals surface area contributed by atoms with E-state index < -0.39 is 22.0 Å². The molecule has 1 unspecified atom stereocenters. The van der Waals surface area contributed by atoms with E-state index >= 15 is 0 Å². The molecule has 0 aliphatic carbocycles. The van der Waals surface area contributed by atoms with E-state index in [1.807, 2.05) is 0 Å². The van der Waals surface area contributed by atoms with Crippen molar-refractivity contribution in [2.45, 2.75) is 168 Å². The van der Waals surface area contributed by atoms with Gasteiger partial charge >= 0.3 is 5.97 Å². The van der Waals surface area contributed by atoms with Crippen molar-refractivity contribution in [1.82, 2.24) is 0 Å². The molecule has 214 valence electrons. The van der Waals surface area contributed by atoms with Crippen LogP contribution in [-0.4, -0.2) is 36.6 Å². The summed E-state index contributed by atoms with van der Waals surface area (Å²) in [6, 6.07) is 0. The largest absolute Gasteiger partial charge is 0.461 e. The molecular formula is C29H56O6S. The zero-order chi connectivity index (χ0) is 26.9. The lowest BCUT2D eigenvalue weighted by atomic mass is 10.0. The first kappa shape index (κ1) is 35.0. The van der Waals surface area contributed by atoms with Crippen LogP contribution in [0.25, 0.3) is 0 Å². The number of Topliss-reactive ketones (excluding diaryl/α,β-unsaturated/α-hetero) is 1. The predicted octanol–water partition coefficient (Wildman–Crippen LogP) is 8.37. The fraction of sp³-hybridized carbons (Fsp3) is 0.931. The molecule has 0 radical (unpaired) electrons. The number of unbranched alkanes of at least 4 members (excludes halogenated alkanes) is 18. The van der Waals surface area contributed by atoms with Crippen molar-refractivity contribution in [2.24, 2.45) is 0 Å². The van der Waals surface area contributed by atoms with E-state index in [-0.39, 0.29) is 11.8 Å². The van der Waals surface area contributed by atoms with E-state index in [2.05, 4.69) is 6.92 Å². The van der Waals surface area contributed by atoms with Crippen molar-refractivity contribution in [1.29, 1.82) is 0 Å². The first-order chi connectivity index (χ1) is 17.2. The molecule has 1 atom stereocenters. The predicted molar refractivity (Wildman–Crippen MR) is 149 cm³/mol. The SMILES string of the molecule is CCCCCCCCCCCCCCCCCC(=O)OC(CCCCCCCC(C)=O)CS(=O)(=O)O. The highest BCUT2D eigenvalue weighted by atomic mass is 32.2. The van der Waals surface area contributed by atoms with Gasteiger partial charge in [0.05, 0.1) is 0 Å².